The highest BCUT2D eigenvalue weighted by Crippen LogP contribution is 2.19. The first kappa shape index (κ1) is 22.4. The molecular weight excluding hydrogens is 433 g/mol. The third-order valence-electron chi connectivity index (χ3n) is 5.42. The van der Waals surface area contributed by atoms with Crippen molar-refractivity contribution in [1.82, 2.24) is 9.80 Å². The van der Waals surface area contributed by atoms with Gasteiger partial charge >= 0.3 is 0 Å². The van der Waals surface area contributed by atoms with Crippen molar-refractivity contribution in [2.24, 2.45) is 0 Å². The van der Waals surface area contributed by atoms with Crippen molar-refractivity contribution < 1.29 is 27.5 Å². The fraction of sp³-hybridized carbons (Fsp3) is 0.200. The van der Waals surface area contributed by atoms with Gasteiger partial charge in [0.1, 0.15) is 18.2 Å². The van der Waals surface area contributed by atoms with Gasteiger partial charge in [-0.1, -0.05) is 18.2 Å². The van der Waals surface area contributed by atoms with Crippen LogP contribution in [0.25, 0.3) is 0 Å². The Morgan fingerprint density at radius 2 is 1.33 bits per heavy atom. The molecule has 8 heteroatoms. The van der Waals surface area contributed by atoms with Gasteiger partial charge in [0, 0.05) is 37.3 Å². The second kappa shape index (κ2) is 9.77. The number of nitrogens with zero attached hydrogens (tertiary/aromatic N) is 2. The van der Waals surface area contributed by atoms with Crippen LogP contribution < -0.4 is 4.74 Å². The highest BCUT2D eigenvalue weighted by Gasteiger charge is 2.26. The van der Waals surface area contributed by atoms with Gasteiger partial charge in [-0.2, -0.15) is 0 Å². The molecular formula is C25H21F3N2O3. The predicted octanol–water partition coefficient (Wildman–Crippen LogP) is 4.28. The number of halogens is 3. The molecule has 0 atom stereocenters. The van der Waals surface area contributed by atoms with Crippen molar-refractivity contribution in [2.75, 3.05) is 26.2 Å². The number of amides is 2. The topological polar surface area (TPSA) is 49.9 Å². The zero-order valence-electron chi connectivity index (χ0n) is 17.6. The summed E-state index contributed by atoms with van der Waals surface area (Å²) in [6.07, 6.45) is 0. The van der Waals surface area contributed by atoms with Gasteiger partial charge in [0.25, 0.3) is 11.8 Å². The highest BCUT2D eigenvalue weighted by molar-refractivity contribution is 5.96. The summed E-state index contributed by atoms with van der Waals surface area (Å²) in [5, 5.41) is 0. The average molecular weight is 454 g/mol. The van der Waals surface area contributed by atoms with Crippen LogP contribution in [0.15, 0.2) is 66.7 Å². The van der Waals surface area contributed by atoms with Crippen LogP contribution in [0.4, 0.5) is 13.2 Å². The Morgan fingerprint density at radius 1 is 0.727 bits per heavy atom. The van der Waals surface area contributed by atoms with Crippen LogP contribution in [0.3, 0.4) is 0 Å². The maximum Gasteiger partial charge on any atom is 0.254 e. The molecule has 170 valence electrons. The van der Waals surface area contributed by atoms with Gasteiger partial charge in [-0.3, -0.25) is 9.59 Å². The molecule has 0 bridgehead atoms. The van der Waals surface area contributed by atoms with E-state index in [0.29, 0.717) is 24.4 Å². The molecule has 33 heavy (non-hydrogen) atoms. The summed E-state index contributed by atoms with van der Waals surface area (Å²) >= 11 is 0. The Kier molecular flexibility index (Phi) is 6.63. The Hall–Kier alpha value is -3.81. The number of hydrogen-bond donors (Lipinski definition) is 0. The highest BCUT2D eigenvalue weighted by atomic mass is 19.2. The van der Waals surface area contributed by atoms with Crippen LogP contribution in [0.1, 0.15) is 26.3 Å². The van der Waals surface area contributed by atoms with Crippen LogP contribution in [-0.2, 0) is 6.61 Å². The maximum atomic E-state index is 13.4. The summed E-state index contributed by atoms with van der Waals surface area (Å²) in [4.78, 5) is 28.6. The largest absolute Gasteiger partial charge is 0.489 e. The van der Waals surface area contributed by atoms with Gasteiger partial charge < -0.3 is 14.5 Å². The molecule has 3 aromatic carbocycles. The van der Waals surface area contributed by atoms with Crippen LogP contribution >= 0.6 is 0 Å². The molecule has 1 saturated heterocycles. The minimum absolute atomic E-state index is 0.0691. The average Bonchev–Trinajstić information content (AvgIpc) is 2.85. The Balaban J connectivity index is 1.34. The summed E-state index contributed by atoms with van der Waals surface area (Å²) < 4.78 is 45.3. The second-order valence-electron chi connectivity index (χ2n) is 7.66. The SMILES string of the molecule is O=C(c1cccc(OCc2ccc(F)cc2)c1)N1CCN(C(=O)c2ccc(F)c(F)c2)CC1. The molecule has 0 N–H and O–H groups in total. The lowest BCUT2D eigenvalue weighted by atomic mass is 10.1. The van der Waals surface area contributed by atoms with Crippen LogP contribution in [0.5, 0.6) is 5.75 Å². The van der Waals surface area contributed by atoms with E-state index in [-0.39, 0.29) is 37.0 Å². The van der Waals surface area contributed by atoms with Crippen molar-refractivity contribution in [1.29, 1.82) is 0 Å². The molecule has 3 aromatic rings. The first-order valence-electron chi connectivity index (χ1n) is 10.4. The van der Waals surface area contributed by atoms with Crippen molar-refractivity contribution in [3.63, 3.8) is 0 Å². The number of benzene rings is 3. The van der Waals surface area contributed by atoms with Crippen molar-refractivity contribution in [3.05, 3.63) is 101 Å². The van der Waals surface area contributed by atoms with Gasteiger partial charge in [0.2, 0.25) is 0 Å². The molecule has 1 fully saturated rings. The standard InChI is InChI=1S/C25H21F3N2O3/c26-20-7-4-17(5-8-20)16-33-21-3-1-2-18(14-21)24(31)29-10-12-30(13-11-29)25(32)19-6-9-22(27)23(28)15-19/h1-9,14-15H,10-13,16H2. The molecule has 1 heterocycles. The van der Waals surface area contributed by atoms with E-state index in [4.69, 9.17) is 4.74 Å². The summed E-state index contributed by atoms with van der Waals surface area (Å²) in [6, 6.07) is 15.8. The number of hydrogen-bond acceptors (Lipinski definition) is 3. The second-order valence-corrected chi connectivity index (χ2v) is 7.66. The first-order chi connectivity index (χ1) is 15.9. The summed E-state index contributed by atoms with van der Waals surface area (Å²) in [5.41, 5.74) is 1.32. The Morgan fingerprint density at radius 3 is 1.94 bits per heavy atom. The monoisotopic (exact) mass is 454 g/mol. The molecule has 1 aliphatic heterocycles. The molecule has 0 saturated carbocycles. The number of piperazine rings is 1. The smallest absolute Gasteiger partial charge is 0.254 e. The van der Waals surface area contributed by atoms with Crippen LogP contribution in [0.2, 0.25) is 0 Å². The van der Waals surface area contributed by atoms with E-state index < -0.39 is 17.5 Å². The number of rotatable bonds is 5. The van der Waals surface area contributed by atoms with E-state index in [1.54, 1.807) is 41.3 Å². The van der Waals surface area contributed by atoms with Crippen molar-refractivity contribution in [3.8, 4) is 5.75 Å². The van der Waals surface area contributed by atoms with E-state index >= 15 is 0 Å². The minimum Gasteiger partial charge on any atom is -0.489 e. The molecule has 0 spiro atoms. The minimum atomic E-state index is -1.07. The molecule has 1 aliphatic rings. The quantitative estimate of drug-likeness (QED) is 0.578. The normalized spacial score (nSPS) is 13.7. The van der Waals surface area contributed by atoms with Crippen LogP contribution in [0, 0.1) is 17.5 Å². The molecule has 4 rings (SSSR count). The van der Waals surface area contributed by atoms with E-state index in [2.05, 4.69) is 0 Å². The van der Waals surface area contributed by atoms with E-state index in [0.717, 1.165) is 17.7 Å². The maximum absolute atomic E-state index is 13.4. The Bertz CT molecular complexity index is 1160. The summed E-state index contributed by atoms with van der Waals surface area (Å²) in [6.45, 7) is 1.43. The van der Waals surface area contributed by atoms with Crippen molar-refractivity contribution >= 4 is 11.8 Å². The zero-order chi connectivity index (χ0) is 23.4. The molecule has 5 nitrogen and oxygen atoms in total. The van der Waals surface area contributed by atoms with Crippen LogP contribution in [-0.4, -0.2) is 47.8 Å². The fourth-order valence-corrected chi connectivity index (χ4v) is 3.57. The molecule has 0 unspecified atom stereocenters. The number of ether oxygens (including phenoxy) is 1. The first-order valence-corrected chi connectivity index (χ1v) is 10.4. The van der Waals surface area contributed by atoms with Gasteiger partial charge in [-0.25, -0.2) is 13.2 Å². The zero-order valence-corrected chi connectivity index (χ0v) is 17.6. The summed E-state index contributed by atoms with van der Waals surface area (Å²) in [5.74, 6) is -2.49. The fourth-order valence-electron chi connectivity index (χ4n) is 3.57. The molecule has 0 aromatic heterocycles. The Labute approximate surface area is 189 Å². The molecule has 0 radical (unpaired) electrons. The molecule has 0 aliphatic carbocycles. The predicted molar refractivity (Wildman–Crippen MR) is 115 cm³/mol. The van der Waals surface area contributed by atoms with Gasteiger partial charge in [0.15, 0.2) is 11.6 Å². The van der Waals surface area contributed by atoms with E-state index in [1.807, 2.05) is 0 Å². The lowest BCUT2D eigenvalue weighted by Gasteiger charge is -2.35. The third-order valence-corrected chi connectivity index (χ3v) is 5.42. The van der Waals surface area contributed by atoms with E-state index in [1.165, 1.54) is 23.1 Å². The number of carbonyl (C=O) groups is 2. The van der Waals surface area contributed by atoms with E-state index in [9.17, 15) is 22.8 Å². The molecule has 2 amide bonds. The third kappa shape index (κ3) is 5.34. The number of carbonyl (C=O) groups excluding carboxylic acids is 2. The van der Waals surface area contributed by atoms with Gasteiger partial charge in [-0.15, -0.1) is 0 Å². The lowest BCUT2D eigenvalue weighted by Crippen LogP contribution is -2.50. The lowest BCUT2D eigenvalue weighted by molar-refractivity contribution is 0.0535. The van der Waals surface area contributed by atoms with Gasteiger partial charge in [-0.05, 0) is 54.1 Å². The van der Waals surface area contributed by atoms with Gasteiger partial charge in [0.05, 0.1) is 0 Å². The summed E-state index contributed by atoms with van der Waals surface area (Å²) in [7, 11) is 0. The van der Waals surface area contributed by atoms with Crippen molar-refractivity contribution in [2.45, 2.75) is 6.61 Å².